The van der Waals surface area contributed by atoms with Gasteiger partial charge in [0.05, 0.1) is 6.54 Å². The summed E-state index contributed by atoms with van der Waals surface area (Å²) >= 11 is 0. The minimum Gasteiger partial charge on any atom is -0.351 e. The molecule has 1 saturated heterocycles. The SMILES string of the molecule is CCCC1CCN(CC(=O)c2cc(C)n(C)c2C)CC1. The van der Waals surface area contributed by atoms with E-state index in [1.54, 1.807) is 0 Å². The number of aromatic nitrogens is 1. The molecule has 0 N–H and O–H groups in total. The fourth-order valence-corrected chi connectivity index (χ4v) is 3.27. The van der Waals surface area contributed by atoms with Crippen LogP contribution < -0.4 is 0 Å². The number of nitrogens with zero attached hydrogens (tertiary/aromatic N) is 2. The normalized spacial score (nSPS) is 17.6. The van der Waals surface area contributed by atoms with Crippen LogP contribution in [-0.2, 0) is 7.05 Å². The highest BCUT2D eigenvalue weighted by molar-refractivity contribution is 5.99. The van der Waals surface area contributed by atoms with Gasteiger partial charge >= 0.3 is 0 Å². The van der Waals surface area contributed by atoms with Crippen molar-refractivity contribution < 1.29 is 4.79 Å². The quantitative estimate of drug-likeness (QED) is 0.771. The molecule has 20 heavy (non-hydrogen) atoms. The molecular weight excluding hydrogens is 248 g/mol. The predicted octanol–water partition coefficient (Wildman–Crippen LogP) is 3.34. The minimum atomic E-state index is 0.278. The van der Waals surface area contributed by atoms with Crippen LogP contribution in [0, 0.1) is 19.8 Å². The summed E-state index contributed by atoms with van der Waals surface area (Å²) in [5, 5.41) is 0. The number of carbonyl (C=O) groups is 1. The van der Waals surface area contributed by atoms with E-state index >= 15 is 0 Å². The van der Waals surface area contributed by atoms with Crippen LogP contribution in [0.4, 0.5) is 0 Å². The van der Waals surface area contributed by atoms with Crippen molar-refractivity contribution in [3.8, 4) is 0 Å². The van der Waals surface area contributed by atoms with Crippen molar-refractivity contribution >= 4 is 5.78 Å². The highest BCUT2D eigenvalue weighted by Crippen LogP contribution is 2.22. The molecule has 2 heterocycles. The number of carbonyl (C=O) groups excluding carboxylic acids is 1. The van der Waals surface area contributed by atoms with E-state index in [1.807, 2.05) is 20.0 Å². The second-order valence-corrected chi connectivity index (χ2v) is 6.28. The van der Waals surface area contributed by atoms with Gasteiger partial charge in [0.2, 0.25) is 0 Å². The lowest BCUT2D eigenvalue weighted by atomic mass is 9.92. The lowest BCUT2D eigenvalue weighted by Crippen LogP contribution is -2.37. The molecule has 0 unspecified atom stereocenters. The average Bonchev–Trinajstić information content (AvgIpc) is 2.69. The molecule has 0 radical (unpaired) electrons. The first-order valence-electron chi connectivity index (χ1n) is 7.91. The Morgan fingerprint density at radius 1 is 1.30 bits per heavy atom. The largest absolute Gasteiger partial charge is 0.351 e. The maximum Gasteiger partial charge on any atom is 0.178 e. The first-order valence-corrected chi connectivity index (χ1v) is 7.91. The van der Waals surface area contributed by atoms with Crippen LogP contribution in [0.3, 0.4) is 0 Å². The summed E-state index contributed by atoms with van der Waals surface area (Å²) in [5.41, 5.74) is 3.15. The van der Waals surface area contributed by atoms with Crippen molar-refractivity contribution in [2.45, 2.75) is 46.5 Å². The van der Waals surface area contributed by atoms with E-state index in [1.165, 1.54) is 25.7 Å². The Morgan fingerprint density at radius 3 is 2.45 bits per heavy atom. The number of ketones is 1. The maximum absolute atomic E-state index is 12.5. The van der Waals surface area contributed by atoms with E-state index in [9.17, 15) is 4.79 Å². The lowest BCUT2D eigenvalue weighted by Gasteiger charge is -2.31. The molecule has 0 aliphatic carbocycles. The van der Waals surface area contributed by atoms with Crippen molar-refractivity contribution in [3.63, 3.8) is 0 Å². The summed E-state index contributed by atoms with van der Waals surface area (Å²) < 4.78 is 2.10. The molecule has 0 bridgehead atoms. The minimum absolute atomic E-state index is 0.278. The van der Waals surface area contributed by atoms with Crippen LogP contribution >= 0.6 is 0 Å². The zero-order chi connectivity index (χ0) is 14.7. The van der Waals surface area contributed by atoms with Gasteiger partial charge in [0.25, 0.3) is 0 Å². The molecule has 112 valence electrons. The molecule has 1 aliphatic rings. The summed E-state index contributed by atoms with van der Waals surface area (Å²) in [6, 6.07) is 2.03. The standard InChI is InChI=1S/C17H28N2O/c1-5-6-15-7-9-19(10-8-15)12-17(20)16-11-13(2)18(4)14(16)3/h11,15H,5-10,12H2,1-4H3. The molecule has 0 amide bonds. The van der Waals surface area contributed by atoms with Crippen molar-refractivity contribution in [1.82, 2.24) is 9.47 Å². The van der Waals surface area contributed by atoms with Crippen molar-refractivity contribution in [2.24, 2.45) is 13.0 Å². The third kappa shape index (κ3) is 3.32. The van der Waals surface area contributed by atoms with Crippen LogP contribution in [0.1, 0.15) is 54.4 Å². The van der Waals surface area contributed by atoms with Crippen molar-refractivity contribution in [2.75, 3.05) is 19.6 Å². The molecule has 1 aromatic rings. The second-order valence-electron chi connectivity index (χ2n) is 6.28. The first-order chi connectivity index (χ1) is 9.52. The molecule has 1 aliphatic heterocycles. The lowest BCUT2D eigenvalue weighted by molar-refractivity contribution is 0.0892. The van der Waals surface area contributed by atoms with Crippen LogP contribution in [0.5, 0.6) is 0 Å². The van der Waals surface area contributed by atoms with Crippen molar-refractivity contribution in [1.29, 1.82) is 0 Å². The third-order valence-electron chi connectivity index (χ3n) is 4.85. The van der Waals surface area contributed by atoms with Crippen molar-refractivity contribution in [3.05, 3.63) is 23.0 Å². The molecule has 0 saturated carbocycles. The van der Waals surface area contributed by atoms with Gasteiger partial charge in [-0.15, -0.1) is 0 Å². The summed E-state index contributed by atoms with van der Waals surface area (Å²) in [4.78, 5) is 14.8. The van der Waals surface area contributed by atoms with Gasteiger partial charge in [-0.05, 0) is 51.8 Å². The van der Waals surface area contributed by atoms with Gasteiger partial charge in [-0.25, -0.2) is 0 Å². The van der Waals surface area contributed by atoms with Crippen LogP contribution in [0.2, 0.25) is 0 Å². The second kappa shape index (κ2) is 6.57. The molecule has 2 rings (SSSR count). The summed E-state index contributed by atoms with van der Waals surface area (Å²) in [5.74, 6) is 1.16. The fourth-order valence-electron chi connectivity index (χ4n) is 3.27. The molecule has 0 spiro atoms. The van der Waals surface area contributed by atoms with Gasteiger partial charge < -0.3 is 4.57 Å². The number of Topliss-reactive ketones (excluding diaryl/α,β-unsaturated/α-hetero) is 1. The van der Waals surface area contributed by atoms with Gasteiger partial charge in [0, 0.05) is 24.0 Å². The predicted molar refractivity (Wildman–Crippen MR) is 83.3 cm³/mol. The first kappa shape index (κ1) is 15.3. The van der Waals surface area contributed by atoms with Gasteiger partial charge in [0.15, 0.2) is 5.78 Å². The smallest absolute Gasteiger partial charge is 0.178 e. The molecule has 1 fully saturated rings. The molecule has 3 heteroatoms. The number of rotatable bonds is 5. The third-order valence-corrected chi connectivity index (χ3v) is 4.85. The van der Waals surface area contributed by atoms with E-state index in [-0.39, 0.29) is 5.78 Å². The zero-order valence-corrected chi connectivity index (χ0v) is 13.4. The molecule has 0 aromatic carbocycles. The van der Waals surface area contributed by atoms with E-state index in [0.717, 1.165) is 36.0 Å². The van der Waals surface area contributed by atoms with E-state index in [0.29, 0.717) is 6.54 Å². The van der Waals surface area contributed by atoms with Gasteiger partial charge in [-0.2, -0.15) is 0 Å². The number of likely N-dealkylation sites (tertiary alicyclic amines) is 1. The summed E-state index contributed by atoms with van der Waals surface area (Å²) in [6.45, 7) is 9.11. The van der Waals surface area contributed by atoms with Crippen LogP contribution in [0.25, 0.3) is 0 Å². The Hall–Kier alpha value is -1.09. The number of hydrogen-bond acceptors (Lipinski definition) is 2. The molecule has 3 nitrogen and oxygen atoms in total. The summed E-state index contributed by atoms with van der Waals surface area (Å²) in [7, 11) is 2.03. The Balaban J connectivity index is 1.91. The van der Waals surface area contributed by atoms with E-state index in [4.69, 9.17) is 0 Å². The number of hydrogen-bond donors (Lipinski definition) is 0. The maximum atomic E-state index is 12.5. The van der Waals surface area contributed by atoms with E-state index in [2.05, 4.69) is 23.3 Å². The Bertz CT molecular complexity index is 468. The van der Waals surface area contributed by atoms with Gasteiger partial charge in [-0.3, -0.25) is 9.69 Å². The molecule has 1 aromatic heterocycles. The van der Waals surface area contributed by atoms with Crippen LogP contribution in [-0.4, -0.2) is 34.9 Å². The van der Waals surface area contributed by atoms with E-state index < -0.39 is 0 Å². The highest BCUT2D eigenvalue weighted by Gasteiger charge is 2.22. The van der Waals surface area contributed by atoms with Crippen LogP contribution in [0.15, 0.2) is 6.07 Å². The number of aryl methyl sites for hydroxylation is 1. The monoisotopic (exact) mass is 276 g/mol. The Kier molecular flexibility index (Phi) is 5.03. The topological polar surface area (TPSA) is 25.2 Å². The Morgan fingerprint density at radius 2 is 1.95 bits per heavy atom. The molecular formula is C17H28N2O. The summed E-state index contributed by atoms with van der Waals surface area (Å²) in [6.07, 6.45) is 5.15. The van der Waals surface area contributed by atoms with Gasteiger partial charge in [-0.1, -0.05) is 19.8 Å². The molecule has 0 atom stereocenters. The Labute approximate surface area is 123 Å². The zero-order valence-electron chi connectivity index (χ0n) is 13.4. The highest BCUT2D eigenvalue weighted by atomic mass is 16.1. The number of piperidine rings is 1. The van der Waals surface area contributed by atoms with Gasteiger partial charge in [0.1, 0.15) is 0 Å². The average molecular weight is 276 g/mol. The fraction of sp³-hybridized carbons (Fsp3) is 0.706.